The van der Waals surface area contributed by atoms with Crippen LogP contribution < -0.4 is 0 Å². The van der Waals surface area contributed by atoms with Crippen molar-refractivity contribution >= 4 is 6.41 Å². The van der Waals surface area contributed by atoms with E-state index >= 15 is 0 Å². The molecule has 3 nitrogen and oxygen atoms in total. The molecule has 0 aromatic carbocycles. The number of hydrogen-bond donors (Lipinski definition) is 0. The maximum atomic E-state index is 10.8. The predicted octanol–water partition coefficient (Wildman–Crippen LogP) is 2.28. The van der Waals surface area contributed by atoms with Crippen LogP contribution in [0, 0.1) is 0 Å². The molecule has 3 heteroatoms. The lowest BCUT2D eigenvalue weighted by atomic mass is 10.0. The zero-order chi connectivity index (χ0) is 10.6. The van der Waals surface area contributed by atoms with E-state index in [1.807, 2.05) is 26.8 Å². The molecule has 0 spiro atoms. The van der Waals surface area contributed by atoms with Gasteiger partial charge in [0.25, 0.3) is 0 Å². The Bertz CT molecular complexity index is 218. The van der Waals surface area contributed by atoms with E-state index in [2.05, 4.69) is 6.08 Å². The number of amides is 1. The molecule has 0 saturated carbocycles. The number of rotatable bonds is 3. The molecule has 0 aromatic rings. The Hall–Kier alpha value is -0.830. The summed E-state index contributed by atoms with van der Waals surface area (Å²) in [4.78, 5) is 16.4. The second kappa shape index (κ2) is 4.60. The van der Waals surface area contributed by atoms with Gasteiger partial charge in [-0.15, -0.1) is 0 Å². The number of allylic oxidation sites excluding steroid dienone is 1. The fraction of sp³-hybridized carbons (Fsp3) is 0.727. The number of nitrogens with zero attached hydrogens (tertiary/aromatic N) is 1. The van der Waals surface area contributed by atoms with Crippen molar-refractivity contribution in [1.29, 1.82) is 0 Å². The standard InChI is InChI=1S/C11H19NO2/c1-11(2,3)14-12(9-13)10-7-5-4-6-8-10/h5,7,9-10H,4,6,8H2,1-3H3. The van der Waals surface area contributed by atoms with E-state index in [0.29, 0.717) is 0 Å². The number of hydroxylamine groups is 2. The summed E-state index contributed by atoms with van der Waals surface area (Å²) in [5.74, 6) is 0. The van der Waals surface area contributed by atoms with Gasteiger partial charge in [-0.2, -0.15) is 0 Å². The maximum absolute atomic E-state index is 10.8. The molecule has 1 aliphatic carbocycles. The largest absolute Gasteiger partial charge is 0.276 e. The van der Waals surface area contributed by atoms with Crippen LogP contribution in [-0.2, 0) is 9.63 Å². The Kier molecular flexibility index (Phi) is 3.69. The molecule has 0 N–H and O–H groups in total. The van der Waals surface area contributed by atoms with Crippen LogP contribution in [0.15, 0.2) is 12.2 Å². The van der Waals surface area contributed by atoms with Crippen LogP contribution in [0.2, 0.25) is 0 Å². The van der Waals surface area contributed by atoms with E-state index < -0.39 is 0 Å². The second-order valence-electron chi connectivity index (χ2n) is 4.60. The first-order valence-electron chi connectivity index (χ1n) is 5.12. The summed E-state index contributed by atoms with van der Waals surface area (Å²) < 4.78 is 0. The first-order valence-corrected chi connectivity index (χ1v) is 5.12. The average Bonchev–Trinajstić information content (AvgIpc) is 2.14. The summed E-state index contributed by atoms with van der Waals surface area (Å²) >= 11 is 0. The molecule has 80 valence electrons. The van der Waals surface area contributed by atoms with Crippen molar-refractivity contribution in [3.63, 3.8) is 0 Å². The van der Waals surface area contributed by atoms with Gasteiger partial charge in [0.1, 0.15) is 0 Å². The minimum absolute atomic E-state index is 0.112. The molecule has 1 rings (SSSR count). The van der Waals surface area contributed by atoms with Gasteiger partial charge in [-0.25, -0.2) is 5.06 Å². The third-order valence-corrected chi connectivity index (χ3v) is 2.04. The molecule has 0 fully saturated rings. The van der Waals surface area contributed by atoms with E-state index in [1.165, 1.54) is 5.06 Å². The van der Waals surface area contributed by atoms with Crippen LogP contribution in [0.5, 0.6) is 0 Å². The van der Waals surface area contributed by atoms with Crippen LogP contribution in [0.3, 0.4) is 0 Å². The van der Waals surface area contributed by atoms with E-state index in [0.717, 1.165) is 25.7 Å². The summed E-state index contributed by atoms with van der Waals surface area (Å²) in [6, 6.07) is 0.112. The van der Waals surface area contributed by atoms with Crippen LogP contribution in [-0.4, -0.2) is 23.1 Å². The first-order chi connectivity index (χ1) is 6.53. The molecule has 0 aromatic heterocycles. The van der Waals surface area contributed by atoms with Crippen molar-refractivity contribution in [2.75, 3.05) is 0 Å². The minimum atomic E-state index is -0.313. The SMILES string of the molecule is CC(C)(C)ON(C=O)C1C=CCCC1. The number of hydrogen-bond acceptors (Lipinski definition) is 2. The lowest BCUT2D eigenvalue weighted by Gasteiger charge is -2.32. The monoisotopic (exact) mass is 197 g/mol. The molecule has 1 amide bonds. The molecule has 0 radical (unpaired) electrons. The zero-order valence-corrected chi connectivity index (χ0v) is 9.19. The van der Waals surface area contributed by atoms with Crippen LogP contribution in [0.4, 0.5) is 0 Å². The van der Waals surface area contributed by atoms with Gasteiger partial charge in [0.15, 0.2) is 0 Å². The molecule has 0 bridgehead atoms. The van der Waals surface area contributed by atoms with Gasteiger partial charge in [-0.05, 0) is 40.0 Å². The molecule has 0 saturated heterocycles. The molecule has 1 aliphatic rings. The van der Waals surface area contributed by atoms with Crippen molar-refractivity contribution < 1.29 is 9.63 Å². The van der Waals surface area contributed by atoms with Crippen molar-refractivity contribution in [2.45, 2.75) is 51.7 Å². The van der Waals surface area contributed by atoms with Gasteiger partial charge in [0.2, 0.25) is 6.41 Å². The molecule has 0 aliphatic heterocycles. The maximum Gasteiger partial charge on any atom is 0.233 e. The number of carbonyl (C=O) groups excluding carboxylic acids is 1. The fourth-order valence-corrected chi connectivity index (χ4v) is 1.49. The Balaban J connectivity index is 2.56. The highest BCUT2D eigenvalue weighted by molar-refractivity contribution is 5.46. The topological polar surface area (TPSA) is 29.5 Å². The van der Waals surface area contributed by atoms with Crippen molar-refractivity contribution in [2.24, 2.45) is 0 Å². The van der Waals surface area contributed by atoms with Gasteiger partial charge < -0.3 is 0 Å². The highest BCUT2D eigenvalue weighted by Crippen LogP contribution is 2.19. The van der Waals surface area contributed by atoms with Gasteiger partial charge in [0.05, 0.1) is 11.6 Å². The van der Waals surface area contributed by atoms with Crippen LogP contribution in [0.1, 0.15) is 40.0 Å². The summed E-state index contributed by atoms with van der Waals surface area (Å²) in [5, 5.41) is 1.43. The Labute approximate surface area is 85.7 Å². The summed E-state index contributed by atoms with van der Waals surface area (Å²) in [6.45, 7) is 5.82. The normalized spacial score (nSPS) is 22.1. The average molecular weight is 197 g/mol. The molecule has 1 unspecified atom stereocenters. The zero-order valence-electron chi connectivity index (χ0n) is 9.19. The highest BCUT2D eigenvalue weighted by Gasteiger charge is 2.22. The second-order valence-corrected chi connectivity index (χ2v) is 4.60. The van der Waals surface area contributed by atoms with E-state index in [1.54, 1.807) is 0 Å². The van der Waals surface area contributed by atoms with Gasteiger partial charge >= 0.3 is 0 Å². The van der Waals surface area contributed by atoms with E-state index in [4.69, 9.17) is 4.84 Å². The summed E-state index contributed by atoms with van der Waals surface area (Å²) in [5.41, 5.74) is -0.313. The van der Waals surface area contributed by atoms with Crippen LogP contribution >= 0.6 is 0 Å². The van der Waals surface area contributed by atoms with E-state index in [-0.39, 0.29) is 11.6 Å². The minimum Gasteiger partial charge on any atom is -0.276 e. The van der Waals surface area contributed by atoms with E-state index in [9.17, 15) is 4.79 Å². The predicted molar refractivity (Wildman–Crippen MR) is 55.5 cm³/mol. The molecular weight excluding hydrogens is 178 g/mol. The lowest BCUT2D eigenvalue weighted by molar-refractivity contribution is -0.227. The smallest absolute Gasteiger partial charge is 0.233 e. The highest BCUT2D eigenvalue weighted by atomic mass is 16.7. The Morgan fingerprint density at radius 2 is 2.21 bits per heavy atom. The fourth-order valence-electron chi connectivity index (χ4n) is 1.49. The molecule has 1 atom stereocenters. The summed E-state index contributed by atoms with van der Waals surface area (Å²) in [7, 11) is 0. The van der Waals surface area contributed by atoms with Crippen LogP contribution in [0.25, 0.3) is 0 Å². The third-order valence-electron chi connectivity index (χ3n) is 2.04. The molecule has 0 heterocycles. The van der Waals surface area contributed by atoms with Crippen molar-refractivity contribution in [3.8, 4) is 0 Å². The van der Waals surface area contributed by atoms with Crippen molar-refractivity contribution in [3.05, 3.63) is 12.2 Å². The molecular formula is C11H19NO2. The lowest BCUT2D eigenvalue weighted by Crippen LogP contribution is -2.39. The number of carbonyl (C=O) groups is 1. The third kappa shape index (κ3) is 3.50. The van der Waals surface area contributed by atoms with Gasteiger partial charge in [0, 0.05) is 0 Å². The summed E-state index contributed by atoms with van der Waals surface area (Å²) in [6.07, 6.45) is 8.15. The van der Waals surface area contributed by atoms with Gasteiger partial charge in [-0.3, -0.25) is 9.63 Å². The quantitative estimate of drug-likeness (QED) is 0.394. The Morgan fingerprint density at radius 3 is 2.64 bits per heavy atom. The Morgan fingerprint density at radius 1 is 1.50 bits per heavy atom. The first kappa shape index (κ1) is 11.2. The van der Waals surface area contributed by atoms with Gasteiger partial charge in [-0.1, -0.05) is 12.2 Å². The van der Waals surface area contributed by atoms with Crippen molar-refractivity contribution in [1.82, 2.24) is 5.06 Å². The molecule has 14 heavy (non-hydrogen) atoms.